The first kappa shape index (κ1) is 31.8. The zero-order valence-corrected chi connectivity index (χ0v) is 27.1. The maximum atomic E-state index is 13.8. The Kier molecular flexibility index (Phi) is 10.2. The lowest BCUT2D eigenvalue weighted by atomic mass is 9.96. The summed E-state index contributed by atoms with van der Waals surface area (Å²) in [7, 11) is 1.59. The number of nitrogens with zero attached hydrogens (tertiary/aromatic N) is 2. The predicted octanol–water partition coefficient (Wildman–Crippen LogP) is 5.78. The fourth-order valence-corrected chi connectivity index (χ4v) is 6.20. The van der Waals surface area contributed by atoms with Gasteiger partial charge in [0, 0.05) is 0 Å². The van der Waals surface area contributed by atoms with Crippen LogP contribution in [0.2, 0.25) is 0 Å². The molecule has 2 atom stereocenters. The maximum Gasteiger partial charge on any atom is 0.338 e. The molecule has 0 unspecified atom stereocenters. The molecule has 0 saturated heterocycles. The minimum absolute atomic E-state index is 0.217. The Labute approximate surface area is 266 Å². The lowest BCUT2D eigenvalue weighted by molar-refractivity contribution is -0.139. The van der Waals surface area contributed by atoms with Gasteiger partial charge in [0.05, 0.1) is 35.6 Å². The van der Waals surface area contributed by atoms with Crippen LogP contribution in [0.5, 0.6) is 17.2 Å². The van der Waals surface area contributed by atoms with E-state index in [1.165, 1.54) is 16.9 Å². The van der Waals surface area contributed by atoms with E-state index in [0.29, 0.717) is 51.2 Å². The summed E-state index contributed by atoms with van der Waals surface area (Å²) in [6.07, 6.45) is 2.93. The fraction of sp³-hybridized carbons (Fsp3) is 0.306. The molecule has 1 aromatic heterocycles. The second-order valence-corrected chi connectivity index (χ2v) is 11.7. The van der Waals surface area contributed by atoms with E-state index in [0.717, 1.165) is 23.3 Å². The molecule has 8 nitrogen and oxygen atoms in total. The highest BCUT2D eigenvalue weighted by Gasteiger charge is 2.33. The summed E-state index contributed by atoms with van der Waals surface area (Å²) in [6, 6.07) is 22.4. The highest BCUT2D eigenvalue weighted by molar-refractivity contribution is 7.07. The van der Waals surface area contributed by atoms with Crippen molar-refractivity contribution < 1.29 is 23.7 Å². The molecule has 0 bridgehead atoms. The van der Waals surface area contributed by atoms with Crippen molar-refractivity contribution in [3.8, 4) is 17.2 Å². The van der Waals surface area contributed by atoms with Gasteiger partial charge in [-0.1, -0.05) is 61.6 Å². The molecular weight excluding hydrogens is 588 g/mol. The second kappa shape index (κ2) is 14.4. The van der Waals surface area contributed by atoms with Gasteiger partial charge in [0.25, 0.3) is 5.56 Å². The fourth-order valence-electron chi connectivity index (χ4n) is 5.15. The number of benzene rings is 3. The smallest absolute Gasteiger partial charge is 0.338 e. The van der Waals surface area contributed by atoms with Crippen LogP contribution < -0.4 is 29.1 Å². The number of carbonyl (C=O) groups excluding carboxylic acids is 1. The lowest BCUT2D eigenvalue weighted by Gasteiger charge is -2.24. The topological polar surface area (TPSA) is 88.4 Å². The van der Waals surface area contributed by atoms with E-state index < -0.39 is 12.0 Å². The van der Waals surface area contributed by atoms with Crippen LogP contribution in [0.4, 0.5) is 0 Å². The van der Waals surface area contributed by atoms with Crippen molar-refractivity contribution in [2.24, 2.45) is 4.99 Å². The minimum atomic E-state index is -0.677. The number of allylic oxidation sites excluding steroid dienone is 1. The van der Waals surface area contributed by atoms with E-state index in [-0.39, 0.29) is 12.2 Å². The Hall–Kier alpha value is -4.63. The van der Waals surface area contributed by atoms with Crippen LogP contribution in [0.25, 0.3) is 6.08 Å². The SMILES string of the molecule is CCOC(=O)C1=C(C)N=c2s/c(=C\c3ccc(OCCOc4ccc([C@@H](C)CC)cc4)cc3)c(=O)n2[C@@H]1c1ccc(OC)cc1. The highest BCUT2D eigenvalue weighted by Crippen LogP contribution is 2.31. The normalized spacial score (nSPS) is 15.2. The monoisotopic (exact) mass is 626 g/mol. The standard InChI is InChI=1S/C36H38N2O6S/c1-6-23(3)26-10-18-30(19-11-26)44-21-20-43-29-14-8-25(9-15-29)22-31-34(39)38-33(27-12-16-28(41-5)17-13-27)32(35(40)42-7-2)24(4)37-36(38)45-31/h8-19,22-23,33H,6-7,20-21H2,1-5H3/b31-22-/t23-,33+/m0/s1. The van der Waals surface area contributed by atoms with E-state index in [1.54, 1.807) is 25.5 Å². The van der Waals surface area contributed by atoms with Gasteiger partial charge >= 0.3 is 5.97 Å². The molecule has 0 radical (unpaired) electrons. The zero-order valence-electron chi connectivity index (χ0n) is 26.2. The second-order valence-electron chi connectivity index (χ2n) is 10.7. The van der Waals surface area contributed by atoms with Gasteiger partial charge in [-0.15, -0.1) is 0 Å². The minimum Gasteiger partial charge on any atom is -0.497 e. The molecule has 0 fully saturated rings. The number of rotatable bonds is 12. The van der Waals surface area contributed by atoms with Gasteiger partial charge in [-0.2, -0.15) is 0 Å². The van der Waals surface area contributed by atoms with Gasteiger partial charge in [-0.25, -0.2) is 9.79 Å². The molecular formula is C36H38N2O6S. The van der Waals surface area contributed by atoms with Crippen molar-refractivity contribution >= 4 is 23.4 Å². The van der Waals surface area contributed by atoms with Gasteiger partial charge in [-0.3, -0.25) is 9.36 Å². The van der Waals surface area contributed by atoms with Crippen molar-refractivity contribution in [1.82, 2.24) is 4.57 Å². The molecule has 5 rings (SSSR count). The summed E-state index contributed by atoms with van der Waals surface area (Å²) in [6.45, 7) is 8.97. The maximum absolute atomic E-state index is 13.8. The van der Waals surface area contributed by atoms with E-state index in [9.17, 15) is 9.59 Å². The number of aromatic nitrogens is 1. The summed E-state index contributed by atoms with van der Waals surface area (Å²) in [5.41, 5.74) is 3.54. The Morgan fingerprint density at radius 3 is 2.11 bits per heavy atom. The van der Waals surface area contributed by atoms with Crippen LogP contribution in [0.15, 0.2) is 93.9 Å². The number of fused-ring (bicyclic) bond motifs is 1. The Morgan fingerprint density at radius 2 is 1.53 bits per heavy atom. The van der Waals surface area contributed by atoms with Gasteiger partial charge in [0.1, 0.15) is 30.5 Å². The number of esters is 1. The molecule has 1 aliphatic heterocycles. The third-order valence-electron chi connectivity index (χ3n) is 7.81. The molecule has 0 saturated carbocycles. The molecule has 45 heavy (non-hydrogen) atoms. The summed E-state index contributed by atoms with van der Waals surface area (Å²) in [4.78, 5) is 32.1. The van der Waals surface area contributed by atoms with Crippen molar-refractivity contribution in [1.29, 1.82) is 0 Å². The number of ether oxygens (including phenoxy) is 4. The van der Waals surface area contributed by atoms with Gasteiger partial charge in [-0.05, 0) is 85.4 Å². The molecule has 9 heteroatoms. The average molecular weight is 627 g/mol. The van der Waals surface area contributed by atoms with E-state index in [1.807, 2.05) is 66.7 Å². The molecule has 3 aromatic carbocycles. The number of thiazole rings is 1. The first-order chi connectivity index (χ1) is 21.8. The van der Waals surface area contributed by atoms with Crippen molar-refractivity contribution in [2.45, 2.75) is 46.1 Å². The molecule has 234 valence electrons. The lowest BCUT2D eigenvalue weighted by Crippen LogP contribution is -2.39. The van der Waals surface area contributed by atoms with Crippen molar-refractivity contribution in [3.63, 3.8) is 0 Å². The molecule has 0 N–H and O–H groups in total. The van der Waals surface area contributed by atoms with E-state index in [4.69, 9.17) is 18.9 Å². The molecule has 0 aliphatic carbocycles. The van der Waals surface area contributed by atoms with Gasteiger partial charge in [0.2, 0.25) is 0 Å². The van der Waals surface area contributed by atoms with Crippen molar-refractivity contribution in [2.75, 3.05) is 26.9 Å². The van der Waals surface area contributed by atoms with Gasteiger partial charge < -0.3 is 18.9 Å². The first-order valence-electron chi connectivity index (χ1n) is 15.1. The highest BCUT2D eigenvalue weighted by atomic mass is 32.1. The Morgan fingerprint density at radius 1 is 0.933 bits per heavy atom. The summed E-state index contributed by atoms with van der Waals surface area (Å²) in [5, 5.41) is 0. The quantitative estimate of drug-likeness (QED) is 0.146. The van der Waals surface area contributed by atoms with Crippen LogP contribution >= 0.6 is 11.3 Å². The molecule has 4 aromatic rings. The van der Waals surface area contributed by atoms with Crippen molar-refractivity contribution in [3.05, 3.63) is 120 Å². The van der Waals surface area contributed by atoms with Crippen LogP contribution in [-0.2, 0) is 9.53 Å². The van der Waals surface area contributed by atoms with Crippen LogP contribution in [-0.4, -0.2) is 37.5 Å². The van der Waals surface area contributed by atoms with Gasteiger partial charge in [0.15, 0.2) is 4.80 Å². The predicted molar refractivity (Wildman–Crippen MR) is 176 cm³/mol. The van der Waals surface area contributed by atoms with E-state index >= 15 is 0 Å². The number of methoxy groups -OCH3 is 1. The number of hydrogen-bond acceptors (Lipinski definition) is 8. The Bertz CT molecular complexity index is 1840. The first-order valence-corrected chi connectivity index (χ1v) is 15.9. The molecule has 1 aliphatic rings. The van der Waals surface area contributed by atoms with Crippen LogP contribution in [0.3, 0.4) is 0 Å². The average Bonchev–Trinajstić information content (AvgIpc) is 3.36. The molecule has 0 amide bonds. The summed E-state index contributed by atoms with van der Waals surface area (Å²) in [5.74, 6) is 2.24. The molecule has 0 spiro atoms. The Balaban J connectivity index is 1.32. The summed E-state index contributed by atoms with van der Waals surface area (Å²) < 4.78 is 24.5. The van der Waals surface area contributed by atoms with Crippen LogP contribution in [0.1, 0.15) is 62.8 Å². The van der Waals surface area contributed by atoms with E-state index in [2.05, 4.69) is 31.0 Å². The third-order valence-corrected chi connectivity index (χ3v) is 8.79. The molecule has 2 heterocycles. The summed E-state index contributed by atoms with van der Waals surface area (Å²) >= 11 is 1.29. The largest absolute Gasteiger partial charge is 0.497 e. The third kappa shape index (κ3) is 7.20. The zero-order chi connectivity index (χ0) is 31.9. The van der Waals surface area contributed by atoms with Crippen LogP contribution in [0, 0.1) is 0 Å². The number of hydrogen-bond donors (Lipinski definition) is 0. The number of carbonyl (C=O) groups is 1.